The Balaban J connectivity index is 1.37. The van der Waals surface area contributed by atoms with Crippen molar-refractivity contribution in [2.45, 2.75) is 39.2 Å². The van der Waals surface area contributed by atoms with Gasteiger partial charge < -0.3 is 19.4 Å². The summed E-state index contributed by atoms with van der Waals surface area (Å²) in [6, 6.07) is 14.1. The van der Waals surface area contributed by atoms with Crippen LogP contribution < -0.4 is 14.8 Å². The molecule has 0 spiro atoms. The number of aromatic nitrogens is 2. The highest BCUT2D eigenvalue weighted by Gasteiger charge is 2.29. The first-order valence-corrected chi connectivity index (χ1v) is 11.3. The summed E-state index contributed by atoms with van der Waals surface area (Å²) in [6.45, 7) is 3.98. The van der Waals surface area contributed by atoms with Crippen LogP contribution in [-0.4, -0.2) is 35.7 Å². The summed E-state index contributed by atoms with van der Waals surface area (Å²) in [5.74, 6) is 2.89. The van der Waals surface area contributed by atoms with Gasteiger partial charge in [0.2, 0.25) is 5.91 Å². The van der Waals surface area contributed by atoms with Crippen molar-refractivity contribution in [1.29, 1.82) is 0 Å². The first-order valence-electron chi connectivity index (χ1n) is 11.3. The van der Waals surface area contributed by atoms with E-state index in [1.807, 2.05) is 55.5 Å². The lowest BCUT2D eigenvalue weighted by molar-refractivity contribution is -0.122. The SMILES string of the molecule is C/C=C/c1ccc(OCCCn2c(CCNC(=O)C3CC3)nc3ccccc32)c(OC)c1. The first-order chi connectivity index (χ1) is 15.7. The molecule has 0 bridgehead atoms. The number of amides is 1. The molecule has 2 aromatic carbocycles. The number of carbonyl (C=O) groups excluding carboxylic acids is 1. The van der Waals surface area contributed by atoms with Crippen molar-refractivity contribution in [3.05, 3.63) is 59.9 Å². The minimum Gasteiger partial charge on any atom is -0.493 e. The van der Waals surface area contributed by atoms with Gasteiger partial charge in [-0.25, -0.2) is 4.98 Å². The minimum atomic E-state index is 0.176. The van der Waals surface area contributed by atoms with Crippen LogP contribution in [0.15, 0.2) is 48.5 Å². The number of fused-ring (bicyclic) bond motifs is 1. The van der Waals surface area contributed by atoms with E-state index in [4.69, 9.17) is 14.5 Å². The summed E-state index contributed by atoms with van der Waals surface area (Å²) in [6.07, 6.45) is 7.63. The van der Waals surface area contributed by atoms with Crippen molar-refractivity contribution in [3.8, 4) is 11.5 Å². The Morgan fingerprint density at radius 3 is 2.84 bits per heavy atom. The molecule has 1 N–H and O–H groups in total. The fourth-order valence-corrected chi connectivity index (χ4v) is 3.86. The highest BCUT2D eigenvalue weighted by molar-refractivity contribution is 5.80. The maximum Gasteiger partial charge on any atom is 0.223 e. The molecule has 0 radical (unpaired) electrons. The molecule has 1 fully saturated rings. The van der Waals surface area contributed by atoms with Crippen molar-refractivity contribution in [3.63, 3.8) is 0 Å². The van der Waals surface area contributed by atoms with Gasteiger partial charge in [0.05, 0.1) is 24.8 Å². The number of methoxy groups -OCH3 is 1. The van der Waals surface area contributed by atoms with Crippen LogP contribution >= 0.6 is 0 Å². The molecule has 1 amide bonds. The summed E-state index contributed by atoms with van der Waals surface area (Å²) in [5, 5.41) is 3.04. The highest BCUT2D eigenvalue weighted by Crippen LogP contribution is 2.29. The zero-order valence-electron chi connectivity index (χ0n) is 18.8. The Morgan fingerprint density at radius 1 is 1.22 bits per heavy atom. The van der Waals surface area contributed by atoms with Crippen LogP contribution in [0.5, 0.6) is 11.5 Å². The van der Waals surface area contributed by atoms with Gasteiger partial charge in [-0.2, -0.15) is 0 Å². The average Bonchev–Trinajstić information content (AvgIpc) is 3.60. The second-order valence-corrected chi connectivity index (χ2v) is 8.10. The summed E-state index contributed by atoms with van der Waals surface area (Å²) < 4.78 is 13.8. The number of ether oxygens (including phenoxy) is 2. The van der Waals surface area contributed by atoms with E-state index >= 15 is 0 Å². The van der Waals surface area contributed by atoms with Crippen LogP contribution in [-0.2, 0) is 17.8 Å². The predicted molar refractivity (Wildman–Crippen MR) is 127 cm³/mol. The number of hydrogen-bond acceptors (Lipinski definition) is 4. The quantitative estimate of drug-likeness (QED) is 0.448. The van der Waals surface area contributed by atoms with Crippen molar-refractivity contribution in [1.82, 2.24) is 14.9 Å². The van der Waals surface area contributed by atoms with Crippen LogP contribution in [0.2, 0.25) is 0 Å². The van der Waals surface area contributed by atoms with Gasteiger partial charge in [-0.1, -0.05) is 30.4 Å². The summed E-state index contributed by atoms with van der Waals surface area (Å²) in [4.78, 5) is 16.7. The molecule has 1 saturated carbocycles. The maximum atomic E-state index is 11.9. The normalized spacial score (nSPS) is 13.6. The van der Waals surface area contributed by atoms with Gasteiger partial charge in [-0.3, -0.25) is 4.79 Å². The molecule has 0 saturated heterocycles. The molecule has 32 heavy (non-hydrogen) atoms. The molecule has 6 nitrogen and oxygen atoms in total. The van der Waals surface area contributed by atoms with E-state index in [1.165, 1.54) is 0 Å². The third-order valence-electron chi connectivity index (χ3n) is 5.66. The average molecular weight is 434 g/mol. The smallest absolute Gasteiger partial charge is 0.223 e. The summed E-state index contributed by atoms with van der Waals surface area (Å²) in [7, 11) is 1.66. The molecule has 1 aromatic heterocycles. The fraction of sp³-hybridized carbons (Fsp3) is 0.385. The second-order valence-electron chi connectivity index (χ2n) is 8.10. The van der Waals surface area contributed by atoms with Crippen molar-refractivity contribution < 1.29 is 14.3 Å². The molecule has 0 unspecified atom stereocenters. The lowest BCUT2D eigenvalue weighted by Crippen LogP contribution is -2.27. The number of hydrogen-bond donors (Lipinski definition) is 1. The molecule has 1 heterocycles. The molecule has 168 valence electrons. The van der Waals surface area contributed by atoms with Gasteiger partial charge in [0, 0.05) is 25.4 Å². The standard InChI is InChI=1S/C26H31N3O3/c1-3-7-19-10-13-23(24(18-19)31-2)32-17-6-16-29-22-9-5-4-8-21(22)28-25(29)14-15-27-26(30)20-11-12-20/h3-5,7-10,13,18,20H,6,11-12,14-17H2,1-2H3,(H,27,30)/b7-3+. The Kier molecular flexibility index (Phi) is 7.10. The van der Waals surface area contributed by atoms with Crippen molar-refractivity contribution >= 4 is 23.0 Å². The van der Waals surface area contributed by atoms with Crippen molar-refractivity contribution in [2.24, 2.45) is 5.92 Å². The van der Waals surface area contributed by atoms with E-state index in [0.717, 1.165) is 59.7 Å². The first kappa shape index (κ1) is 21.9. The van der Waals surface area contributed by atoms with Crippen molar-refractivity contribution in [2.75, 3.05) is 20.3 Å². The summed E-state index contributed by atoms with van der Waals surface area (Å²) >= 11 is 0. The molecule has 6 heteroatoms. The van der Waals surface area contributed by atoms with Gasteiger partial charge >= 0.3 is 0 Å². The number of carbonyl (C=O) groups is 1. The van der Waals surface area contributed by atoms with E-state index in [-0.39, 0.29) is 11.8 Å². The Morgan fingerprint density at radius 2 is 2.06 bits per heavy atom. The highest BCUT2D eigenvalue weighted by atomic mass is 16.5. The number of aryl methyl sites for hydroxylation is 1. The van der Waals surface area contributed by atoms with E-state index in [0.29, 0.717) is 19.6 Å². The Hall–Kier alpha value is -3.28. The number of nitrogens with zero attached hydrogens (tertiary/aromatic N) is 2. The fourth-order valence-electron chi connectivity index (χ4n) is 3.86. The second kappa shape index (κ2) is 10.4. The lowest BCUT2D eigenvalue weighted by Gasteiger charge is -2.13. The van der Waals surface area contributed by atoms with Crippen LogP contribution in [0.4, 0.5) is 0 Å². The maximum absolute atomic E-state index is 11.9. The van der Waals surface area contributed by atoms with Gasteiger partial charge in [0.1, 0.15) is 5.82 Å². The summed E-state index contributed by atoms with van der Waals surface area (Å²) in [5.41, 5.74) is 3.18. The van der Waals surface area contributed by atoms with Crippen LogP contribution in [0.1, 0.15) is 37.6 Å². The molecule has 1 aliphatic carbocycles. The van der Waals surface area contributed by atoms with Gasteiger partial charge in [0.15, 0.2) is 11.5 Å². The molecule has 3 aromatic rings. The van der Waals surface area contributed by atoms with E-state index < -0.39 is 0 Å². The van der Waals surface area contributed by atoms with Crippen LogP contribution in [0, 0.1) is 5.92 Å². The number of imidazole rings is 1. The number of para-hydroxylation sites is 2. The minimum absolute atomic E-state index is 0.176. The predicted octanol–water partition coefficient (Wildman–Crippen LogP) is 4.62. The number of rotatable bonds is 11. The van der Waals surface area contributed by atoms with Crippen LogP contribution in [0.25, 0.3) is 17.1 Å². The Bertz CT molecular complexity index is 1100. The Labute approximate surface area is 189 Å². The zero-order chi connectivity index (χ0) is 22.3. The topological polar surface area (TPSA) is 65.4 Å². The lowest BCUT2D eigenvalue weighted by atomic mass is 10.2. The van der Waals surface area contributed by atoms with E-state index in [1.54, 1.807) is 7.11 Å². The number of benzene rings is 2. The molecular weight excluding hydrogens is 402 g/mol. The molecule has 1 aliphatic rings. The largest absolute Gasteiger partial charge is 0.493 e. The monoisotopic (exact) mass is 433 g/mol. The third-order valence-corrected chi connectivity index (χ3v) is 5.66. The third kappa shape index (κ3) is 5.31. The van der Waals surface area contributed by atoms with E-state index in [2.05, 4.69) is 16.0 Å². The molecular formula is C26H31N3O3. The van der Waals surface area contributed by atoms with E-state index in [9.17, 15) is 4.79 Å². The zero-order valence-corrected chi connectivity index (χ0v) is 18.8. The van der Waals surface area contributed by atoms with Crippen LogP contribution in [0.3, 0.4) is 0 Å². The molecule has 0 aliphatic heterocycles. The van der Waals surface area contributed by atoms with Gasteiger partial charge in [-0.05, 0) is 56.0 Å². The number of nitrogens with one attached hydrogen (secondary N) is 1. The molecule has 4 rings (SSSR count). The van der Waals surface area contributed by atoms with Gasteiger partial charge in [-0.15, -0.1) is 0 Å². The molecule has 0 atom stereocenters. The number of allylic oxidation sites excluding steroid dienone is 1. The van der Waals surface area contributed by atoms with Gasteiger partial charge in [0.25, 0.3) is 0 Å².